The van der Waals surface area contributed by atoms with Crippen molar-refractivity contribution in [2.45, 2.75) is 95.3 Å². The van der Waals surface area contributed by atoms with Gasteiger partial charge in [-0.1, -0.05) is 120 Å². The molecule has 0 heterocycles. The summed E-state index contributed by atoms with van der Waals surface area (Å²) in [6, 6.07) is 12.8. The fraction of sp³-hybridized carbons (Fsp3) is 0.577. The molecule has 0 bridgehead atoms. The molecule has 0 unspecified atom stereocenters. The van der Waals surface area contributed by atoms with Crippen LogP contribution in [-0.2, 0) is 19.1 Å². The number of carbonyl (C=O) groups excluding carboxylic acids is 1. The van der Waals surface area contributed by atoms with Crippen LogP contribution in [0, 0.1) is 0 Å². The molecule has 0 atom stereocenters. The third-order valence-corrected chi connectivity index (χ3v) is 6.88. The van der Waals surface area contributed by atoms with Gasteiger partial charge in [-0.15, -0.1) is 0 Å². The summed E-state index contributed by atoms with van der Waals surface area (Å²) in [5.41, 5.74) is 0. The molecule has 0 saturated carbocycles. The van der Waals surface area contributed by atoms with Crippen molar-refractivity contribution < 1.29 is 17.4 Å². The first-order valence-electron chi connectivity index (χ1n) is 11.8. The number of unbranched alkanes of at least 4 members (excludes halogenated alkanes) is 12. The van der Waals surface area contributed by atoms with E-state index in [1.165, 1.54) is 64.2 Å². The summed E-state index contributed by atoms with van der Waals surface area (Å²) in [5.74, 6) is 0. The van der Waals surface area contributed by atoms with Gasteiger partial charge in [-0.2, -0.15) is 8.42 Å². The molecule has 0 aliphatic carbocycles. The number of benzene rings is 2. The van der Waals surface area contributed by atoms with E-state index < -0.39 is 10.1 Å². The molecule has 32 heavy (non-hydrogen) atoms. The van der Waals surface area contributed by atoms with Crippen LogP contribution in [0.2, 0.25) is 0 Å². The first-order chi connectivity index (χ1) is 15.1. The summed E-state index contributed by atoms with van der Waals surface area (Å²) in [6.45, 7) is 4.53. The van der Waals surface area contributed by atoms with Crippen LogP contribution < -0.4 is 0 Å². The van der Waals surface area contributed by atoms with Crippen molar-refractivity contribution in [2.75, 3.05) is 6.61 Å². The predicted octanol–water partition coefficient (Wildman–Crippen LogP) is 6.80. The second-order valence-electron chi connectivity index (χ2n) is 8.00. The van der Waals surface area contributed by atoms with Crippen LogP contribution in [0.25, 0.3) is 10.8 Å². The van der Waals surface area contributed by atoms with Crippen molar-refractivity contribution in [3.05, 3.63) is 42.5 Å². The Morgan fingerprint density at radius 3 is 1.72 bits per heavy atom. The molecule has 0 saturated heterocycles. The molecular formula is C26H41NaO4S. The third kappa shape index (κ3) is 12.5. The minimum atomic E-state index is -3.70. The van der Waals surface area contributed by atoms with Crippen LogP contribution >= 0.6 is 0 Å². The molecule has 0 spiro atoms. The van der Waals surface area contributed by atoms with Crippen molar-refractivity contribution in [1.29, 1.82) is 0 Å². The topological polar surface area (TPSA) is 60.4 Å². The van der Waals surface area contributed by atoms with E-state index >= 15 is 0 Å². The van der Waals surface area contributed by atoms with E-state index in [4.69, 9.17) is 8.98 Å². The normalized spacial score (nSPS) is 10.9. The molecule has 176 valence electrons. The van der Waals surface area contributed by atoms with Gasteiger partial charge in [-0.05, 0) is 17.9 Å². The maximum absolute atomic E-state index is 12.5. The number of fused-ring (bicyclic) bond motifs is 1. The molecule has 2 aromatic carbocycles. The number of rotatable bonds is 16. The fourth-order valence-electron chi connectivity index (χ4n) is 3.77. The van der Waals surface area contributed by atoms with Crippen molar-refractivity contribution in [3.63, 3.8) is 0 Å². The second kappa shape index (κ2) is 19.7. The summed E-state index contributed by atoms with van der Waals surface area (Å²) in [7, 11) is -3.70. The van der Waals surface area contributed by atoms with Gasteiger partial charge in [0.2, 0.25) is 0 Å². The van der Waals surface area contributed by atoms with Gasteiger partial charge in [0.15, 0.2) is 0 Å². The maximum atomic E-state index is 12.5. The van der Waals surface area contributed by atoms with Crippen LogP contribution in [0.15, 0.2) is 47.4 Å². The Morgan fingerprint density at radius 2 is 1.16 bits per heavy atom. The summed E-state index contributed by atoms with van der Waals surface area (Å²) in [6.07, 6.45) is 16.5. The first kappa shape index (κ1) is 31.3. The van der Waals surface area contributed by atoms with Gasteiger partial charge in [-0.25, -0.2) is 0 Å². The number of carbonyl (C=O) groups is 1. The van der Waals surface area contributed by atoms with Crippen LogP contribution in [0.4, 0.5) is 0 Å². The molecule has 6 heteroatoms. The fourth-order valence-corrected chi connectivity index (χ4v) is 4.93. The molecular weight excluding hydrogens is 431 g/mol. The Hall–Kier alpha value is -0.720. The number of hydrogen-bond acceptors (Lipinski definition) is 4. The van der Waals surface area contributed by atoms with Gasteiger partial charge in [-0.3, -0.25) is 4.18 Å². The van der Waals surface area contributed by atoms with Crippen LogP contribution in [0.5, 0.6) is 0 Å². The van der Waals surface area contributed by atoms with Gasteiger partial charge in [0.1, 0.15) is 11.7 Å². The Balaban J connectivity index is 0.00000311. The SMILES string of the molecule is C=O.CCCCCCCCCCCCCCCOS(=O)(=O)c1cccc2ccccc12.[NaH]. The average molecular weight is 473 g/mol. The predicted molar refractivity (Wildman–Crippen MR) is 137 cm³/mol. The Morgan fingerprint density at radius 1 is 0.688 bits per heavy atom. The van der Waals surface area contributed by atoms with E-state index in [0.29, 0.717) is 0 Å². The van der Waals surface area contributed by atoms with Gasteiger partial charge >= 0.3 is 29.6 Å². The molecule has 0 fully saturated rings. The van der Waals surface area contributed by atoms with Crippen LogP contribution in [0.1, 0.15) is 90.4 Å². The van der Waals surface area contributed by atoms with Gasteiger partial charge in [0.05, 0.1) is 6.61 Å². The van der Waals surface area contributed by atoms with Crippen LogP contribution in [0.3, 0.4) is 0 Å². The second-order valence-corrected chi connectivity index (χ2v) is 9.58. The Bertz CT molecular complexity index is 818. The quantitative estimate of drug-likeness (QED) is 0.153. The molecule has 0 N–H and O–H groups in total. The zero-order valence-electron chi connectivity index (χ0n) is 19.2. The van der Waals surface area contributed by atoms with Crippen molar-refractivity contribution in [1.82, 2.24) is 0 Å². The zero-order valence-corrected chi connectivity index (χ0v) is 20.0. The first-order valence-corrected chi connectivity index (χ1v) is 13.2. The molecule has 4 nitrogen and oxygen atoms in total. The van der Waals surface area contributed by atoms with Crippen molar-refractivity contribution in [3.8, 4) is 0 Å². The van der Waals surface area contributed by atoms with E-state index in [2.05, 4.69) is 6.92 Å². The monoisotopic (exact) mass is 472 g/mol. The zero-order chi connectivity index (χ0) is 22.8. The Labute approximate surface area is 217 Å². The summed E-state index contributed by atoms with van der Waals surface area (Å²) in [5, 5.41) is 1.64. The molecule has 0 aromatic heterocycles. The van der Waals surface area contributed by atoms with E-state index in [-0.39, 0.29) is 41.1 Å². The molecule has 2 aromatic rings. The van der Waals surface area contributed by atoms with Gasteiger partial charge < -0.3 is 4.79 Å². The van der Waals surface area contributed by atoms with E-state index in [9.17, 15) is 8.42 Å². The van der Waals surface area contributed by atoms with E-state index in [1.807, 2.05) is 37.1 Å². The molecule has 0 radical (unpaired) electrons. The van der Waals surface area contributed by atoms with Gasteiger partial charge in [0, 0.05) is 5.39 Å². The molecule has 0 amide bonds. The number of hydrogen-bond donors (Lipinski definition) is 0. The summed E-state index contributed by atoms with van der Waals surface area (Å²) < 4.78 is 30.4. The molecule has 0 aliphatic rings. The minimum absolute atomic E-state index is 0. The average Bonchev–Trinajstić information content (AvgIpc) is 2.80. The molecule has 0 aliphatic heterocycles. The standard InChI is InChI=1S/C25H38O3S.CH2O.Na.H/c1-2-3-4-5-6-7-8-9-10-11-12-13-16-22-28-29(26,27)25-21-17-19-23-18-14-15-20-24(23)25;1-2;;/h14-15,17-21H,2-13,16,22H2,1H3;1H2;;. The van der Waals surface area contributed by atoms with Gasteiger partial charge in [0.25, 0.3) is 10.1 Å². The van der Waals surface area contributed by atoms with Crippen molar-refractivity contribution >= 4 is 57.2 Å². The van der Waals surface area contributed by atoms with E-state index in [0.717, 1.165) is 30.0 Å². The van der Waals surface area contributed by atoms with Crippen LogP contribution in [-0.4, -0.2) is 51.4 Å². The molecule has 2 rings (SSSR count). The Kier molecular flexibility index (Phi) is 19.3. The van der Waals surface area contributed by atoms with Crippen molar-refractivity contribution in [2.24, 2.45) is 0 Å². The summed E-state index contributed by atoms with van der Waals surface area (Å²) in [4.78, 5) is 8.27. The third-order valence-electron chi connectivity index (χ3n) is 5.51. The summed E-state index contributed by atoms with van der Waals surface area (Å²) >= 11 is 0. The van der Waals surface area contributed by atoms with E-state index in [1.54, 1.807) is 12.1 Å².